The molecule has 0 saturated heterocycles. The molecular weight excluding hydrogens is 576 g/mol. The molecule has 9 atom stereocenters. The zero-order valence-corrected chi connectivity index (χ0v) is 27.1. The van der Waals surface area contributed by atoms with Crippen LogP contribution in [0.3, 0.4) is 0 Å². The summed E-state index contributed by atoms with van der Waals surface area (Å²) in [4.78, 5) is 70.6. The molecule has 1 aromatic carbocycles. The van der Waals surface area contributed by atoms with E-state index in [4.69, 9.17) is 5.73 Å². The summed E-state index contributed by atoms with van der Waals surface area (Å²) in [5.74, 6) is -8.23. The lowest BCUT2D eigenvalue weighted by Crippen LogP contribution is -2.74. The van der Waals surface area contributed by atoms with Gasteiger partial charge >= 0.3 is 0 Å². The SMILES string of the molecule is CN(C)c1c(CNC[C@H]2CCC3CC2C3(C)C)cc(O)c2c1C[C@H]1C[C@H]3[C@H](N(C)C)C(=O)C(C(N)=O)C(=O)[C@@]3(O)C(=O)C1C2=O. The second-order valence-electron chi connectivity index (χ2n) is 15.3. The number of phenolic OH excluding ortho intramolecular Hbond substituents is 1. The van der Waals surface area contributed by atoms with Crippen molar-refractivity contribution in [3.05, 3.63) is 22.8 Å². The summed E-state index contributed by atoms with van der Waals surface area (Å²) >= 11 is 0. The van der Waals surface area contributed by atoms with Crippen molar-refractivity contribution in [1.82, 2.24) is 10.2 Å². The van der Waals surface area contributed by atoms with Crippen molar-refractivity contribution < 1.29 is 34.2 Å². The van der Waals surface area contributed by atoms with E-state index in [1.165, 1.54) is 24.2 Å². The molecule has 0 aliphatic heterocycles. The van der Waals surface area contributed by atoms with Crippen molar-refractivity contribution in [3.63, 3.8) is 0 Å². The highest BCUT2D eigenvalue weighted by Crippen LogP contribution is 2.61. The van der Waals surface area contributed by atoms with Crippen molar-refractivity contribution in [2.45, 2.75) is 64.1 Å². The maximum Gasteiger partial charge on any atom is 0.235 e. The second-order valence-corrected chi connectivity index (χ2v) is 15.3. The lowest BCUT2D eigenvalue weighted by Gasteiger charge is -2.60. The minimum atomic E-state index is -2.73. The molecule has 11 heteroatoms. The number of phenols is 1. The Morgan fingerprint density at radius 3 is 2.31 bits per heavy atom. The van der Waals surface area contributed by atoms with E-state index in [1.54, 1.807) is 20.2 Å². The fraction of sp³-hybridized carbons (Fsp3) is 0.676. The number of carbonyl (C=O) groups is 5. The summed E-state index contributed by atoms with van der Waals surface area (Å²) in [6, 6.07) is 0.448. The molecule has 2 bridgehead atoms. The number of carbonyl (C=O) groups excluding carboxylic acids is 5. The van der Waals surface area contributed by atoms with Crippen LogP contribution < -0.4 is 16.0 Å². The lowest BCUT2D eigenvalue weighted by atomic mass is 9.45. The van der Waals surface area contributed by atoms with Crippen LogP contribution in [0.2, 0.25) is 0 Å². The Hall–Kier alpha value is -3.15. The quantitative estimate of drug-likeness (QED) is 0.323. The van der Waals surface area contributed by atoms with Gasteiger partial charge in [0.25, 0.3) is 0 Å². The summed E-state index contributed by atoms with van der Waals surface area (Å²) in [6.07, 6.45) is 4.02. The number of fused-ring (bicyclic) bond motifs is 5. The number of nitrogens with one attached hydrogen (secondary N) is 1. The van der Waals surface area contributed by atoms with Gasteiger partial charge in [-0.25, -0.2) is 0 Å². The third-order valence-corrected chi connectivity index (χ3v) is 12.3. The monoisotopic (exact) mass is 622 g/mol. The molecule has 4 unspecified atom stereocenters. The number of benzene rings is 1. The summed E-state index contributed by atoms with van der Waals surface area (Å²) in [6.45, 7) is 6.11. The van der Waals surface area contributed by atoms with Crippen LogP contribution >= 0.6 is 0 Å². The van der Waals surface area contributed by atoms with Gasteiger partial charge in [0.1, 0.15) is 5.75 Å². The number of nitrogens with zero attached hydrogens (tertiary/aromatic N) is 2. The third-order valence-electron chi connectivity index (χ3n) is 12.3. The standard InChI is InChI=1S/C34H46N4O7/c1-33(2)18-8-7-15(20(33)12-18)13-36-14-17-11-22(39)24-19(26(17)37(3)4)9-16-10-21-27(38(5)6)29(41)25(32(35)44)31(43)34(21,45)30(42)23(16)28(24)40/h11,15-16,18,20-21,23,25,27,36,39,45H,7-10,12-14H2,1-6H3,(H2,35,44)/t15-,16+,18?,20?,21+,23?,25?,27+,34+/m1/s1. The number of anilines is 1. The lowest BCUT2D eigenvalue weighted by molar-refractivity contribution is -0.181. The normalized spacial score (nSPS) is 36.6. The van der Waals surface area contributed by atoms with Gasteiger partial charge in [-0.05, 0) is 99.0 Å². The van der Waals surface area contributed by atoms with Crippen molar-refractivity contribution in [1.29, 1.82) is 0 Å². The van der Waals surface area contributed by atoms with Crippen molar-refractivity contribution in [2.75, 3.05) is 39.6 Å². The van der Waals surface area contributed by atoms with E-state index in [9.17, 15) is 34.2 Å². The molecule has 1 amide bonds. The molecule has 5 N–H and O–H groups in total. The number of aromatic hydroxyl groups is 1. The maximum atomic E-state index is 14.1. The molecule has 6 aliphatic carbocycles. The van der Waals surface area contributed by atoms with Crippen molar-refractivity contribution in [3.8, 4) is 5.75 Å². The number of rotatable bonds is 7. The zero-order valence-electron chi connectivity index (χ0n) is 27.1. The first kappa shape index (κ1) is 31.8. The van der Waals surface area contributed by atoms with Crippen LogP contribution in [-0.4, -0.2) is 90.5 Å². The van der Waals surface area contributed by atoms with Gasteiger partial charge in [-0.15, -0.1) is 0 Å². The highest BCUT2D eigenvalue weighted by molar-refractivity contribution is 6.32. The van der Waals surface area contributed by atoms with Gasteiger partial charge < -0.3 is 26.2 Å². The van der Waals surface area contributed by atoms with E-state index < -0.39 is 64.4 Å². The molecular formula is C34H46N4O7. The molecule has 6 aliphatic rings. The fourth-order valence-corrected chi connectivity index (χ4v) is 10.0. The molecule has 244 valence electrons. The minimum Gasteiger partial charge on any atom is -0.507 e. The van der Waals surface area contributed by atoms with Crippen LogP contribution in [0, 0.1) is 46.8 Å². The highest BCUT2D eigenvalue weighted by atomic mass is 16.3. The second kappa shape index (κ2) is 10.7. The Morgan fingerprint density at radius 2 is 1.73 bits per heavy atom. The van der Waals surface area contributed by atoms with E-state index in [0.717, 1.165) is 23.7 Å². The summed E-state index contributed by atoms with van der Waals surface area (Å²) < 4.78 is 0. The topological polar surface area (TPSA) is 170 Å². The van der Waals surface area contributed by atoms with Crippen LogP contribution in [0.15, 0.2) is 6.07 Å². The molecule has 0 heterocycles. The Labute approximate surface area is 263 Å². The van der Waals surface area contributed by atoms with Crippen LogP contribution in [0.5, 0.6) is 5.75 Å². The molecule has 45 heavy (non-hydrogen) atoms. The summed E-state index contributed by atoms with van der Waals surface area (Å²) in [5.41, 5.74) is 5.31. The number of likely N-dealkylation sites (N-methyl/N-ethyl adjacent to an activating group) is 1. The van der Waals surface area contributed by atoms with E-state index in [-0.39, 0.29) is 24.2 Å². The largest absolute Gasteiger partial charge is 0.507 e. The maximum absolute atomic E-state index is 14.1. The van der Waals surface area contributed by atoms with E-state index in [1.807, 2.05) is 19.0 Å². The molecule has 7 rings (SSSR count). The van der Waals surface area contributed by atoms with E-state index in [2.05, 4.69) is 19.2 Å². The van der Waals surface area contributed by atoms with E-state index in [0.29, 0.717) is 29.4 Å². The predicted octanol–water partition coefficient (Wildman–Crippen LogP) is 1.09. The minimum absolute atomic E-state index is 0.0172. The molecule has 1 aromatic rings. The summed E-state index contributed by atoms with van der Waals surface area (Å²) in [7, 11) is 6.90. The average molecular weight is 623 g/mol. The molecule has 0 radical (unpaired) electrons. The van der Waals surface area contributed by atoms with Gasteiger partial charge in [-0.2, -0.15) is 0 Å². The Morgan fingerprint density at radius 1 is 1.04 bits per heavy atom. The molecule has 5 fully saturated rings. The number of hydrogen-bond donors (Lipinski definition) is 4. The van der Waals surface area contributed by atoms with Crippen LogP contribution in [0.25, 0.3) is 0 Å². The van der Waals surface area contributed by atoms with Crippen LogP contribution in [-0.2, 0) is 32.1 Å². The van der Waals surface area contributed by atoms with Gasteiger partial charge in [0.2, 0.25) is 5.91 Å². The van der Waals surface area contributed by atoms with Crippen molar-refractivity contribution >= 4 is 34.7 Å². The number of nitrogens with two attached hydrogens (primary N) is 1. The van der Waals surface area contributed by atoms with Gasteiger partial charge in [-0.3, -0.25) is 28.9 Å². The Bertz CT molecular complexity index is 1500. The molecule has 11 nitrogen and oxygen atoms in total. The van der Waals surface area contributed by atoms with E-state index >= 15 is 0 Å². The molecule has 0 spiro atoms. The summed E-state index contributed by atoms with van der Waals surface area (Å²) in [5, 5.41) is 26.7. The number of Topliss-reactive ketones (excluding diaryl/α,β-unsaturated/α-hetero) is 4. The van der Waals surface area contributed by atoms with Gasteiger partial charge in [0.15, 0.2) is 34.7 Å². The smallest absolute Gasteiger partial charge is 0.235 e. The van der Waals surface area contributed by atoms with Gasteiger partial charge in [0, 0.05) is 32.2 Å². The first-order chi connectivity index (χ1) is 21.0. The first-order valence-electron chi connectivity index (χ1n) is 16.1. The number of ketones is 4. The zero-order chi connectivity index (χ0) is 32.9. The third kappa shape index (κ3) is 4.44. The number of aliphatic hydroxyl groups is 1. The van der Waals surface area contributed by atoms with Gasteiger partial charge in [0.05, 0.1) is 17.5 Å². The predicted molar refractivity (Wildman–Crippen MR) is 165 cm³/mol. The Balaban J connectivity index is 1.33. The Kier molecular flexibility index (Phi) is 7.57. The van der Waals surface area contributed by atoms with Crippen LogP contribution in [0.4, 0.5) is 5.69 Å². The molecule has 5 saturated carbocycles. The number of hydrogen-bond acceptors (Lipinski definition) is 10. The highest BCUT2D eigenvalue weighted by Gasteiger charge is 2.69. The number of primary amides is 1. The van der Waals surface area contributed by atoms with Gasteiger partial charge in [-0.1, -0.05) is 13.8 Å². The van der Waals surface area contributed by atoms with Crippen molar-refractivity contribution in [2.24, 2.45) is 52.6 Å². The molecule has 0 aromatic heterocycles. The average Bonchev–Trinajstić information content (AvgIpc) is 2.94. The fourth-order valence-electron chi connectivity index (χ4n) is 10.0. The van der Waals surface area contributed by atoms with Crippen LogP contribution in [0.1, 0.15) is 61.0 Å². The first-order valence-corrected chi connectivity index (χ1v) is 16.1. The number of amides is 1.